The van der Waals surface area contributed by atoms with E-state index in [1.54, 1.807) is 16.9 Å². The lowest BCUT2D eigenvalue weighted by atomic mass is 10.5. The van der Waals surface area contributed by atoms with E-state index < -0.39 is 0 Å². The van der Waals surface area contributed by atoms with Gasteiger partial charge < -0.3 is 4.74 Å². The molecule has 2 aromatic rings. The standard InChI is InChI=1S/C10H10ClIN4O/c1-2-17-6-9-14-8(11)3-10(15-9)16-5-7(12)4-13-16/h3-5H,2,6H2,1H3. The Morgan fingerprint density at radius 2 is 2.29 bits per heavy atom. The topological polar surface area (TPSA) is 52.8 Å². The number of aromatic nitrogens is 4. The summed E-state index contributed by atoms with van der Waals surface area (Å²) < 4.78 is 7.94. The van der Waals surface area contributed by atoms with Crippen LogP contribution in [0, 0.1) is 3.57 Å². The summed E-state index contributed by atoms with van der Waals surface area (Å²) in [5.41, 5.74) is 0. The molecule has 90 valence electrons. The van der Waals surface area contributed by atoms with Gasteiger partial charge in [0.15, 0.2) is 11.6 Å². The quantitative estimate of drug-likeness (QED) is 0.618. The van der Waals surface area contributed by atoms with Crippen LogP contribution in [-0.4, -0.2) is 26.4 Å². The van der Waals surface area contributed by atoms with Crippen molar-refractivity contribution >= 4 is 34.2 Å². The molecule has 0 spiro atoms. The maximum absolute atomic E-state index is 5.94. The summed E-state index contributed by atoms with van der Waals surface area (Å²) in [6, 6.07) is 1.67. The van der Waals surface area contributed by atoms with E-state index in [-0.39, 0.29) is 0 Å². The van der Waals surface area contributed by atoms with Crippen LogP contribution in [-0.2, 0) is 11.3 Å². The number of ether oxygens (including phenoxy) is 1. The fourth-order valence-corrected chi connectivity index (χ4v) is 1.84. The molecule has 0 saturated heterocycles. The van der Waals surface area contributed by atoms with Gasteiger partial charge in [-0.1, -0.05) is 11.6 Å². The van der Waals surface area contributed by atoms with E-state index in [2.05, 4.69) is 37.7 Å². The van der Waals surface area contributed by atoms with Crippen molar-refractivity contribution in [2.45, 2.75) is 13.5 Å². The molecule has 0 unspecified atom stereocenters. The lowest BCUT2D eigenvalue weighted by molar-refractivity contribution is 0.128. The number of hydrogen-bond acceptors (Lipinski definition) is 4. The molecule has 2 aromatic heterocycles. The Labute approximate surface area is 117 Å². The van der Waals surface area contributed by atoms with Gasteiger partial charge in [0.05, 0.1) is 9.77 Å². The molecule has 0 aromatic carbocycles. The van der Waals surface area contributed by atoms with E-state index in [0.717, 1.165) is 3.57 Å². The van der Waals surface area contributed by atoms with Gasteiger partial charge in [-0.2, -0.15) is 5.10 Å². The van der Waals surface area contributed by atoms with Crippen LogP contribution in [0.5, 0.6) is 0 Å². The summed E-state index contributed by atoms with van der Waals surface area (Å²) in [7, 11) is 0. The van der Waals surface area contributed by atoms with Crippen molar-refractivity contribution in [3.8, 4) is 5.82 Å². The van der Waals surface area contributed by atoms with Gasteiger partial charge in [0.2, 0.25) is 0 Å². The van der Waals surface area contributed by atoms with Crippen molar-refractivity contribution in [1.82, 2.24) is 19.7 Å². The van der Waals surface area contributed by atoms with Gasteiger partial charge in [0.25, 0.3) is 0 Å². The van der Waals surface area contributed by atoms with E-state index >= 15 is 0 Å². The third-order valence-corrected chi connectivity index (χ3v) is 2.70. The number of rotatable bonds is 4. The van der Waals surface area contributed by atoms with Crippen molar-refractivity contribution < 1.29 is 4.74 Å². The Balaban J connectivity index is 2.31. The Morgan fingerprint density at radius 1 is 1.47 bits per heavy atom. The average molecular weight is 365 g/mol. The molecule has 0 bridgehead atoms. The summed E-state index contributed by atoms with van der Waals surface area (Å²) in [5.74, 6) is 1.20. The number of halogens is 2. The molecule has 7 heteroatoms. The largest absolute Gasteiger partial charge is 0.374 e. The summed E-state index contributed by atoms with van der Waals surface area (Å²) >= 11 is 8.12. The maximum atomic E-state index is 5.94. The van der Waals surface area contributed by atoms with Crippen LogP contribution in [0.4, 0.5) is 0 Å². The zero-order valence-corrected chi connectivity index (χ0v) is 12.0. The van der Waals surface area contributed by atoms with E-state index in [1.165, 1.54) is 0 Å². The molecule has 0 saturated carbocycles. The molecular formula is C10H10ClIN4O. The highest BCUT2D eigenvalue weighted by Crippen LogP contribution is 2.13. The van der Waals surface area contributed by atoms with Gasteiger partial charge in [-0.25, -0.2) is 14.6 Å². The first kappa shape index (κ1) is 12.7. The second-order valence-electron chi connectivity index (χ2n) is 3.21. The summed E-state index contributed by atoms with van der Waals surface area (Å²) in [5, 5.41) is 4.55. The van der Waals surface area contributed by atoms with Gasteiger partial charge in [-0.15, -0.1) is 0 Å². The molecule has 17 heavy (non-hydrogen) atoms. The van der Waals surface area contributed by atoms with Crippen LogP contribution in [0.2, 0.25) is 5.15 Å². The molecule has 0 amide bonds. The summed E-state index contributed by atoms with van der Waals surface area (Å²) in [6.07, 6.45) is 3.61. The Morgan fingerprint density at radius 3 is 2.94 bits per heavy atom. The summed E-state index contributed by atoms with van der Waals surface area (Å²) in [4.78, 5) is 8.42. The minimum atomic E-state index is 0.350. The highest BCUT2D eigenvalue weighted by Gasteiger charge is 2.06. The van der Waals surface area contributed by atoms with E-state index in [1.807, 2.05) is 13.1 Å². The minimum absolute atomic E-state index is 0.350. The molecule has 5 nitrogen and oxygen atoms in total. The van der Waals surface area contributed by atoms with Crippen molar-refractivity contribution in [1.29, 1.82) is 0 Å². The number of nitrogens with zero attached hydrogens (tertiary/aromatic N) is 4. The smallest absolute Gasteiger partial charge is 0.158 e. The number of hydrogen-bond donors (Lipinski definition) is 0. The SMILES string of the molecule is CCOCc1nc(Cl)cc(-n2cc(I)cn2)n1. The van der Waals surface area contributed by atoms with E-state index in [0.29, 0.717) is 30.0 Å². The van der Waals surface area contributed by atoms with Crippen LogP contribution in [0.3, 0.4) is 0 Å². The van der Waals surface area contributed by atoms with Crippen LogP contribution in [0.15, 0.2) is 18.5 Å². The van der Waals surface area contributed by atoms with Crippen LogP contribution in [0.1, 0.15) is 12.7 Å². The fourth-order valence-electron chi connectivity index (χ4n) is 1.25. The molecule has 0 N–H and O–H groups in total. The fraction of sp³-hybridized carbons (Fsp3) is 0.300. The zero-order valence-electron chi connectivity index (χ0n) is 9.10. The highest BCUT2D eigenvalue weighted by molar-refractivity contribution is 14.1. The van der Waals surface area contributed by atoms with Crippen molar-refractivity contribution in [2.75, 3.05) is 6.61 Å². The summed E-state index contributed by atoms with van der Waals surface area (Å²) in [6.45, 7) is 2.88. The van der Waals surface area contributed by atoms with Gasteiger partial charge in [-0.3, -0.25) is 0 Å². The lowest BCUT2D eigenvalue weighted by Gasteiger charge is -2.04. The molecule has 0 aliphatic rings. The van der Waals surface area contributed by atoms with Gasteiger partial charge >= 0.3 is 0 Å². The molecular weight excluding hydrogens is 354 g/mol. The minimum Gasteiger partial charge on any atom is -0.374 e. The first-order valence-corrected chi connectivity index (χ1v) is 6.46. The average Bonchev–Trinajstić information content (AvgIpc) is 2.72. The first-order chi connectivity index (χ1) is 8.19. The van der Waals surface area contributed by atoms with Crippen LogP contribution >= 0.6 is 34.2 Å². The Bertz CT molecular complexity index is 517. The van der Waals surface area contributed by atoms with Crippen LogP contribution in [0.25, 0.3) is 5.82 Å². The zero-order chi connectivity index (χ0) is 12.3. The van der Waals surface area contributed by atoms with Crippen LogP contribution < -0.4 is 0 Å². The maximum Gasteiger partial charge on any atom is 0.158 e. The molecule has 0 radical (unpaired) electrons. The van der Waals surface area contributed by atoms with Crippen molar-refractivity contribution in [2.24, 2.45) is 0 Å². The second-order valence-corrected chi connectivity index (χ2v) is 4.84. The Kier molecular flexibility index (Phi) is 4.30. The van der Waals surface area contributed by atoms with Crippen molar-refractivity contribution in [3.63, 3.8) is 0 Å². The van der Waals surface area contributed by atoms with Gasteiger partial charge in [-0.05, 0) is 29.5 Å². The molecule has 0 atom stereocenters. The normalized spacial score (nSPS) is 10.8. The first-order valence-electron chi connectivity index (χ1n) is 5.01. The lowest BCUT2D eigenvalue weighted by Crippen LogP contribution is -2.05. The molecule has 0 fully saturated rings. The molecule has 2 rings (SSSR count). The highest BCUT2D eigenvalue weighted by atomic mass is 127. The molecule has 0 aliphatic carbocycles. The predicted molar refractivity (Wildman–Crippen MR) is 72.2 cm³/mol. The third kappa shape index (κ3) is 3.36. The molecule has 2 heterocycles. The van der Waals surface area contributed by atoms with Gasteiger partial charge in [0.1, 0.15) is 11.8 Å². The Hall–Kier alpha value is -0.730. The monoisotopic (exact) mass is 364 g/mol. The third-order valence-electron chi connectivity index (χ3n) is 1.95. The second kappa shape index (κ2) is 5.74. The van der Waals surface area contributed by atoms with E-state index in [9.17, 15) is 0 Å². The van der Waals surface area contributed by atoms with E-state index in [4.69, 9.17) is 16.3 Å². The molecule has 0 aliphatic heterocycles. The van der Waals surface area contributed by atoms with Crippen molar-refractivity contribution in [3.05, 3.63) is 33.0 Å². The van der Waals surface area contributed by atoms with Gasteiger partial charge in [0, 0.05) is 18.9 Å². The predicted octanol–water partition coefficient (Wildman–Crippen LogP) is 2.46.